The van der Waals surface area contributed by atoms with Crippen LogP contribution in [0.1, 0.15) is 19.4 Å². The minimum atomic E-state index is -0.783. The lowest BCUT2D eigenvalue weighted by atomic mass is 9.91. The van der Waals surface area contributed by atoms with Gasteiger partial charge in [0.1, 0.15) is 12.1 Å². The zero-order valence-electron chi connectivity index (χ0n) is 14.4. The zero-order valence-corrected chi connectivity index (χ0v) is 14.4. The van der Waals surface area contributed by atoms with E-state index in [0.29, 0.717) is 12.1 Å². The lowest BCUT2D eigenvalue weighted by Gasteiger charge is -2.37. The summed E-state index contributed by atoms with van der Waals surface area (Å²) >= 11 is 0. The van der Waals surface area contributed by atoms with Crippen molar-refractivity contribution in [2.45, 2.75) is 32.4 Å². The second kappa shape index (κ2) is 6.55. The maximum Gasteiger partial charge on any atom is 0.328 e. The van der Waals surface area contributed by atoms with Crippen LogP contribution in [0.15, 0.2) is 36.4 Å². The zero-order chi connectivity index (χ0) is 18.1. The summed E-state index contributed by atoms with van der Waals surface area (Å²) in [5.74, 6) is -1.10. The minimum Gasteiger partial charge on any atom is -0.467 e. The maximum atomic E-state index is 12.9. The number of ether oxygens (including phenoxy) is 1. The SMILES string of the molecule is COC(=O)[C@H](C)N1C(=O)[C@@H](NC(C)=O)Cc2c1ccc1ccccc21. The van der Waals surface area contributed by atoms with Gasteiger partial charge >= 0.3 is 5.97 Å². The largest absolute Gasteiger partial charge is 0.467 e. The van der Waals surface area contributed by atoms with Gasteiger partial charge in [-0.05, 0) is 29.3 Å². The van der Waals surface area contributed by atoms with E-state index in [-0.39, 0.29) is 11.8 Å². The Labute approximate surface area is 145 Å². The lowest BCUT2D eigenvalue weighted by molar-refractivity contribution is -0.143. The number of amides is 2. The predicted octanol–water partition coefficient (Wildman–Crippen LogP) is 1.80. The summed E-state index contributed by atoms with van der Waals surface area (Å²) in [6, 6.07) is 10.1. The second-order valence-corrected chi connectivity index (χ2v) is 6.15. The van der Waals surface area contributed by atoms with Crippen LogP contribution < -0.4 is 10.2 Å². The first-order chi connectivity index (χ1) is 11.9. The van der Waals surface area contributed by atoms with E-state index in [9.17, 15) is 14.4 Å². The molecule has 1 aliphatic rings. The van der Waals surface area contributed by atoms with Gasteiger partial charge in [0, 0.05) is 19.0 Å². The topological polar surface area (TPSA) is 75.7 Å². The van der Waals surface area contributed by atoms with Gasteiger partial charge in [0.05, 0.1) is 7.11 Å². The summed E-state index contributed by atoms with van der Waals surface area (Å²) in [5, 5.41) is 4.75. The van der Waals surface area contributed by atoms with Gasteiger partial charge in [-0.3, -0.25) is 14.5 Å². The van der Waals surface area contributed by atoms with Gasteiger partial charge in [0.15, 0.2) is 0 Å². The van der Waals surface area contributed by atoms with Gasteiger partial charge in [0.25, 0.3) is 5.91 Å². The van der Waals surface area contributed by atoms with E-state index in [0.717, 1.165) is 16.3 Å². The molecule has 0 bridgehead atoms. The van der Waals surface area contributed by atoms with Crippen LogP contribution in [0.5, 0.6) is 0 Å². The van der Waals surface area contributed by atoms with Crippen molar-refractivity contribution in [3.05, 3.63) is 42.0 Å². The standard InChI is InChI=1S/C19H20N2O4/c1-11(19(24)25-3)21-17-9-8-13-6-4-5-7-14(13)15(17)10-16(18(21)23)20-12(2)22/h4-9,11,16H,10H2,1-3H3,(H,20,22)/t11-,16-/m0/s1. The number of fused-ring (bicyclic) bond motifs is 3. The van der Waals surface area contributed by atoms with Crippen molar-refractivity contribution in [1.29, 1.82) is 0 Å². The second-order valence-electron chi connectivity index (χ2n) is 6.15. The number of methoxy groups -OCH3 is 1. The number of anilines is 1. The third-order valence-electron chi connectivity index (χ3n) is 4.53. The number of esters is 1. The van der Waals surface area contributed by atoms with E-state index in [4.69, 9.17) is 4.74 Å². The fraction of sp³-hybridized carbons (Fsp3) is 0.316. The Morgan fingerprint density at radius 2 is 1.96 bits per heavy atom. The molecule has 25 heavy (non-hydrogen) atoms. The summed E-state index contributed by atoms with van der Waals surface area (Å²) in [6.07, 6.45) is 0.388. The Morgan fingerprint density at radius 1 is 1.24 bits per heavy atom. The summed E-state index contributed by atoms with van der Waals surface area (Å²) in [6.45, 7) is 3.00. The molecule has 2 atom stereocenters. The molecule has 0 saturated heterocycles. The monoisotopic (exact) mass is 340 g/mol. The Kier molecular flexibility index (Phi) is 4.44. The van der Waals surface area contributed by atoms with Gasteiger partial charge in [-0.2, -0.15) is 0 Å². The van der Waals surface area contributed by atoms with E-state index in [1.165, 1.54) is 18.9 Å². The average Bonchev–Trinajstić information content (AvgIpc) is 2.60. The van der Waals surface area contributed by atoms with Gasteiger partial charge < -0.3 is 10.1 Å². The number of nitrogens with one attached hydrogen (secondary N) is 1. The first-order valence-corrected chi connectivity index (χ1v) is 8.12. The molecule has 130 valence electrons. The lowest BCUT2D eigenvalue weighted by Crippen LogP contribution is -2.56. The van der Waals surface area contributed by atoms with Crippen LogP contribution in [-0.4, -0.2) is 37.0 Å². The molecule has 1 heterocycles. The highest BCUT2D eigenvalue weighted by Gasteiger charge is 2.39. The summed E-state index contributed by atoms with van der Waals surface area (Å²) < 4.78 is 4.81. The van der Waals surface area contributed by atoms with Crippen molar-refractivity contribution in [2.24, 2.45) is 0 Å². The normalized spacial score (nSPS) is 17.8. The van der Waals surface area contributed by atoms with E-state index in [1.54, 1.807) is 6.92 Å². The number of hydrogen-bond donors (Lipinski definition) is 1. The number of hydrogen-bond acceptors (Lipinski definition) is 4. The molecule has 3 rings (SSSR count). The molecule has 0 fully saturated rings. The molecule has 1 N–H and O–H groups in total. The van der Waals surface area contributed by atoms with Gasteiger partial charge in [-0.25, -0.2) is 4.79 Å². The fourth-order valence-corrected chi connectivity index (χ4v) is 3.38. The number of benzene rings is 2. The Hall–Kier alpha value is -2.89. The van der Waals surface area contributed by atoms with E-state index in [2.05, 4.69) is 5.32 Å². The molecule has 0 radical (unpaired) electrons. The molecule has 1 aliphatic heterocycles. The highest BCUT2D eigenvalue weighted by Crippen LogP contribution is 2.35. The third kappa shape index (κ3) is 2.95. The quantitative estimate of drug-likeness (QED) is 0.865. The fourth-order valence-electron chi connectivity index (χ4n) is 3.38. The molecule has 2 amide bonds. The first kappa shape index (κ1) is 17.0. The van der Waals surface area contributed by atoms with E-state index < -0.39 is 18.1 Å². The Balaban J connectivity index is 2.17. The first-order valence-electron chi connectivity index (χ1n) is 8.12. The molecule has 0 unspecified atom stereocenters. The van der Waals surface area contributed by atoms with Crippen molar-refractivity contribution in [2.75, 3.05) is 12.0 Å². The van der Waals surface area contributed by atoms with Crippen molar-refractivity contribution in [1.82, 2.24) is 5.32 Å². The molecule has 6 nitrogen and oxygen atoms in total. The van der Waals surface area contributed by atoms with Crippen LogP contribution in [0.3, 0.4) is 0 Å². The summed E-state index contributed by atoms with van der Waals surface area (Å²) in [5.41, 5.74) is 1.62. The Morgan fingerprint density at radius 3 is 2.64 bits per heavy atom. The summed E-state index contributed by atoms with van der Waals surface area (Å²) in [4.78, 5) is 37.9. The van der Waals surface area contributed by atoms with Crippen molar-refractivity contribution >= 4 is 34.2 Å². The van der Waals surface area contributed by atoms with Crippen LogP contribution in [0.2, 0.25) is 0 Å². The molecule has 0 spiro atoms. The molecule has 0 aromatic heterocycles. The van der Waals surface area contributed by atoms with Crippen LogP contribution in [0.25, 0.3) is 10.8 Å². The maximum absolute atomic E-state index is 12.9. The molecule has 0 saturated carbocycles. The van der Waals surface area contributed by atoms with Crippen molar-refractivity contribution in [3.63, 3.8) is 0 Å². The molecular weight excluding hydrogens is 320 g/mol. The summed E-state index contributed by atoms with van der Waals surface area (Å²) in [7, 11) is 1.29. The van der Waals surface area contributed by atoms with E-state index >= 15 is 0 Å². The van der Waals surface area contributed by atoms with Crippen LogP contribution in [0.4, 0.5) is 5.69 Å². The van der Waals surface area contributed by atoms with Crippen LogP contribution in [-0.2, 0) is 25.5 Å². The van der Waals surface area contributed by atoms with Gasteiger partial charge in [-0.15, -0.1) is 0 Å². The predicted molar refractivity (Wildman–Crippen MR) is 94.2 cm³/mol. The third-order valence-corrected chi connectivity index (χ3v) is 4.53. The number of carbonyl (C=O) groups excluding carboxylic acids is 3. The number of nitrogens with zero attached hydrogens (tertiary/aromatic N) is 1. The van der Waals surface area contributed by atoms with Crippen molar-refractivity contribution < 1.29 is 19.1 Å². The molecule has 6 heteroatoms. The Bertz CT molecular complexity index is 862. The minimum absolute atomic E-state index is 0.285. The van der Waals surface area contributed by atoms with Gasteiger partial charge in [0.2, 0.25) is 5.91 Å². The highest BCUT2D eigenvalue weighted by molar-refractivity contribution is 6.08. The molecular formula is C19H20N2O4. The average molecular weight is 340 g/mol. The molecule has 2 aromatic rings. The highest BCUT2D eigenvalue weighted by atomic mass is 16.5. The van der Waals surface area contributed by atoms with Crippen molar-refractivity contribution in [3.8, 4) is 0 Å². The van der Waals surface area contributed by atoms with Gasteiger partial charge in [-0.1, -0.05) is 30.3 Å². The number of carbonyl (C=O) groups is 3. The number of rotatable bonds is 3. The van der Waals surface area contributed by atoms with Crippen LogP contribution in [0, 0.1) is 0 Å². The molecule has 2 aromatic carbocycles. The van der Waals surface area contributed by atoms with E-state index in [1.807, 2.05) is 36.4 Å². The smallest absolute Gasteiger partial charge is 0.328 e. The molecule has 0 aliphatic carbocycles. The van der Waals surface area contributed by atoms with Crippen LogP contribution >= 0.6 is 0 Å².